The first-order valence-electron chi connectivity index (χ1n) is 5.66. The zero-order chi connectivity index (χ0) is 12.1. The van der Waals surface area contributed by atoms with Crippen molar-refractivity contribution in [2.45, 2.75) is 47.5 Å². The second-order valence-corrected chi connectivity index (χ2v) is 4.99. The number of hydrogen-bond donors (Lipinski definition) is 0. The zero-order valence-electron chi connectivity index (χ0n) is 10.7. The van der Waals surface area contributed by atoms with E-state index in [1.807, 2.05) is 6.92 Å². The van der Waals surface area contributed by atoms with Crippen LogP contribution in [0.15, 0.2) is 12.2 Å². The summed E-state index contributed by atoms with van der Waals surface area (Å²) in [5.41, 5.74) is 0.769. The standard InChI is InChI=1S/C13H24O2/c1-7-11(4)12(14)15-9-8-13(5,6)10(2)3/h10H,4,7-9H2,1-3,5-6H3. The molecular weight excluding hydrogens is 188 g/mol. The zero-order valence-corrected chi connectivity index (χ0v) is 10.7. The molecule has 0 saturated carbocycles. The van der Waals surface area contributed by atoms with Crippen LogP contribution >= 0.6 is 0 Å². The van der Waals surface area contributed by atoms with E-state index in [4.69, 9.17) is 4.74 Å². The van der Waals surface area contributed by atoms with Crippen molar-refractivity contribution in [3.8, 4) is 0 Å². The number of hydrogen-bond acceptors (Lipinski definition) is 2. The molecule has 0 atom stereocenters. The van der Waals surface area contributed by atoms with Crippen molar-refractivity contribution in [1.29, 1.82) is 0 Å². The molecule has 0 aromatic carbocycles. The molecule has 0 unspecified atom stereocenters. The van der Waals surface area contributed by atoms with Gasteiger partial charge in [0.25, 0.3) is 0 Å². The van der Waals surface area contributed by atoms with E-state index in [0.717, 1.165) is 6.42 Å². The Hall–Kier alpha value is -0.790. The predicted octanol–water partition coefficient (Wildman–Crippen LogP) is 3.57. The van der Waals surface area contributed by atoms with Crippen molar-refractivity contribution in [2.75, 3.05) is 6.61 Å². The van der Waals surface area contributed by atoms with Gasteiger partial charge in [-0.05, 0) is 24.2 Å². The van der Waals surface area contributed by atoms with Gasteiger partial charge in [-0.3, -0.25) is 0 Å². The summed E-state index contributed by atoms with van der Waals surface area (Å²) >= 11 is 0. The van der Waals surface area contributed by atoms with Gasteiger partial charge >= 0.3 is 5.97 Å². The highest BCUT2D eigenvalue weighted by atomic mass is 16.5. The summed E-state index contributed by atoms with van der Waals surface area (Å²) in [6.07, 6.45) is 1.56. The monoisotopic (exact) mass is 212 g/mol. The second-order valence-electron chi connectivity index (χ2n) is 4.99. The van der Waals surface area contributed by atoms with Crippen LogP contribution in [0.2, 0.25) is 0 Å². The van der Waals surface area contributed by atoms with Crippen molar-refractivity contribution < 1.29 is 9.53 Å². The topological polar surface area (TPSA) is 26.3 Å². The largest absolute Gasteiger partial charge is 0.462 e. The smallest absolute Gasteiger partial charge is 0.333 e. The van der Waals surface area contributed by atoms with Crippen LogP contribution in [0.5, 0.6) is 0 Å². The summed E-state index contributed by atoms with van der Waals surface area (Å²) in [6, 6.07) is 0. The lowest BCUT2D eigenvalue weighted by atomic mass is 9.79. The van der Waals surface area contributed by atoms with Crippen LogP contribution in [0.25, 0.3) is 0 Å². The maximum absolute atomic E-state index is 11.3. The van der Waals surface area contributed by atoms with Crippen LogP contribution in [0, 0.1) is 11.3 Å². The Bertz CT molecular complexity index is 227. The molecule has 2 nitrogen and oxygen atoms in total. The molecule has 0 bridgehead atoms. The molecule has 0 aliphatic rings. The normalized spacial score (nSPS) is 11.6. The molecule has 0 amide bonds. The molecule has 0 rings (SSSR count). The van der Waals surface area contributed by atoms with Crippen molar-refractivity contribution in [3.63, 3.8) is 0 Å². The first-order valence-corrected chi connectivity index (χ1v) is 5.66. The Morgan fingerprint density at radius 1 is 1.40 bits per heavy atom. The average molecular weight is 212 g/mol. The molecule has 0 N–H and O–H groups in total. The van der Waals surface area contributed by atoms with Crippen LogP contribution in [-0.4, -0.2) is 12.6 Å². The maximum Gasteiger partial charge on any atom is 0.333 e. The summed E-state index contributed by atoms with van der Waals surface area (Å²) in [5.74, 6) is 0.336. The Balaban J connectivity index is 3.90. The van der Waals surface area contributed by atoms with Gasteiger partial charge in [-0.15, -0.1) is 0 Å². The molecule has 15 heavy (non-hydrogen) atoms. The number of esters is 1. The lowest BCUT2D eigenvalue weighted by Crippen LogP contribution is -2.22. The van der Waals surface area contributed by atoms with Crippen LogP contribution in [0.3, 0.4) is 0 Å². The van der Waals surface area contributed by atoms with Gasteiger partial charge in [0, 0.05) is 5.57 Å². The first-order chi connectivity index (χ1) is 6.81. The highest BCUT2D eigenvalue weighted by molar-refractivity contribution is 5.87. The molecule has 0 spiro atoms. The summed E-state index contributed by atoms with van der Waals surface area (Å²) in [4.78, 5) is 11.3. The molecule has 0 aliphatic carbocycles. The van der Waals surface area contributed by atoms with E-state index in [1.165, 1.54) is 0 Å². The quantitative estimate of drug-likeness (QED) is 0.497. The SMILES string of the molecule is C=C(CC)C(=O)OCCC(C)(C)C(C)C. The minimum atomic E-state index is -0.253. The number of carbonyl (C=O) groups excluding carboxylic acids is 1. The third-order valence-corrected chi connectivity index (χ3v) is 3.26. The van der Waals surface area contributed by atoms with Crippen LogP contribution in [-0.2, 0) is 9.53 Å². The molecule has 0 saturated heterocycles. The highest BCUT2D eigenvalue weighted by Crippen LogP contribution is 2.29. The van der Waals surface area contributed by atoms with E-state index in [9.17, 15) is 4.79 Å². The van der Waals surface area contributed by atoms with E-state index < -0.39 is 0 Å². The highest BCUT2D eigenvalue weighted by Gasteiger charge is 2.22. The fourth-order valence-corrected chi connectivity index (χ4v) is 0.942. The van der Waals surface area contributed by atoms with Crippen LogP contribution in [0.4, 0.5) is 0 Å². The van der Waals surface area contributed by atoms with Crippen molar-refractivity contribution in [2.24, 2.45) is 11.3 Å². The van der Waals surface area contributed by atoms with E-state index in [2.05, 4.69) is 34.3 Å². The molecule has 0 aliphatic heterocycles. The van der Waals surface area contributed by atoms with Gasteiger partial charge in [-0.1, -0.05) is 41.2 Å². The van der Waals surface area contributed by atoms with Crippen LogP contribution in [0.1, 0.15) is 47.5 Å². The van der Waals surface area contributed by atoms with E-state index in [-0.39, 0.29) is 11.4 Å². The fraction of sp³-hybridized carbons (Fsp3) is 0.769. The predicted molar refractivity (Wildman–Crippen MR) is 63.6 cm³/mol. The fourth-order valence-electron chi connectivity index (χ4n) is 0.942. The first kappa shape index (κ1) is 14.2. The van der Waals surface area contributed by atoms with Crippen molar-refractivity contribution in [3.05, 3.63) is 12.2 Å². The minimum Gasteiger partial charge on any atom is -0.462 e. The van der Waals surface area contributed by atoms with Crippen molar-refractivity contribution in [1.82, 2.24) is 0 Å². The Kier molecular flexibility index (Phi) is 5.63. The molecule has 0 aromatic heterocycles. The number of carbonyl (C=O) groups is 1. The van der Waals surface area contributed by atoms with E-state index in [1.54, 1.807) is 0 Å². The summed E-state index contributed by atoms with van der Waals surface area (Å²) in [6.45, 7) is 14.8. The lowest BCUT2D eigenvalue weighted by Gasteiger charge is -2.28. The maximum atomic E-state index is 11.3. The second kappa shape index (κ2) is 5.94. The molecule has 0 aromatic rings. The Morgan fingerprint density at radius 3 is 2.33 bits per heavy atom. The van der Waals surface area contributed by atoms with Gasteiger partial charge in [0.15, 0.2) is 0 Å². The van der Waals surface area contributed by atoms with Gasteiger partial charge in [0.2, 0.25) is 0 Å². The third-order valence-electron chi connectivity index (χ3n) is 3.26. The molecule has 2 heteroatoms. The molecule has 88 valence electrons. The summed E-state index contributed by atoms with van der Waals surface area (Å²) in [5, 5.41) is 0. The third kappa shape index (κ3) is 5.01. The van der Waals surface area contributed by atoms with Gasteiger partial charge < -0.3 is 4.74 Å². The van der Waals surface area contributed by atoms with Crippen LogP contribution < -0.4 is 0 Å². The van der Waals surface area contributed by atoms with Crippen molar-refractivity contribution >= 4 is 5.97 Å². The Morgan fingerprint density at radius 2 is 1.93 bits per heavy atom. The minimum absolute atomic E-state index is 0.216. The number of rotatable bonds is 6. The van der Waals surface area contributed by atoms with E-state index >= 15 is 0 Å². The molecule has 0 radical (unpaired) electrons. The van der Waals surface area contributed by atoms with E-state index in [0.29, 0.717) is 24.5 Å². The van der Waals surface area contributed by atoms with Gasteiger partial charge in [-0.2, -0.15) is 0 Å². The summed E-state index contributed by atoms with van der Waals surface area (Å²) in [7, 11) is 0. The molecular formula is C13H24O2. The van der Waals surface area contributed by atoms with Gasteiger partial charge in [-0.25, -0.2) is 4.79 Å². The Labute approximate surface area is 93.7 Å². The number of ether oxygens (including phenoxy) is 1. The van der Waals surface area contributed by atoms with Gasteiger partial charge in [0.1, 0.15) is 0 Å². The molecule has 0 fully saturated rings. The average Bonchev–Trinajstić information content (AvgIpc) is 2.15. The van der Waals surface area contributed by atoms with Gasteiger partial charge in [0.05, 0.1) is 6.61 Å². The lowest BCUT2D eigenvalue weighted by molar-refractivity contribution is -0.140. The molecule has 0 heterocycles. The summed E-state index contributed by atoms with van der Waals surface area (Å²) < 4.78 is 5.14.